The van der Waals surface area contributed by atoms with Gasteiger partial charge in [-0.15, -0.1) is 0 Å². The monoisotopic (exact) mass is 415 g/mol. The third-order valence-electron chi connectivity index (χ3n) is 2.69. The van der Waals surface area contributed by atoms with Crippen molar-refractivity contribution >= 4 is 31.9 Å². The number of aromatic hydroxyl groups is 1. The van der Waals surface area contributed by atoms with E-state index in [0.29, 0.717) is 10.0 Å². The summed E-state index contributed by atoms with van der Waals surface area (Å²) in [4.78, 5) is 27.5. The van der Waals surface area contributed by atoms with Crippen molar-refractivity contribution in [2.24, 2.45) is 0 Å². The van der Waals surface area contributed by atoms with Gasteiger partial charge >= 0.3 is 5.69 Å². The minimum atomic E-state index is -0.800. The number of H-pyrrole nitrogens is 2. The molecule has 0 amide bonds. The normalized spacial score (nSPS) is 10.2. The van der Waals surface area contributed by atoms with E-state index in [-0.39, 0.29) is 27.2 Å². The number of nitriles is 1. The molecule has 3 N–H and O–H groups in total. The first-order chi connectivity index (χ1) is 9.90. The van der Waals surface area contributed by atoms with Crippen LogP contribution in [0.25, 0.3) is 11.3 Å². The number of halogens is 2. The zero-order valence-corrected chi connectivity index (χ0v) is 13.6. The zero-order chi connectivity index (χ0) is 15.7. The largest absolute Gasteiger partial charge is 0.503 e. The number of hydrogen-bond acceptors (Lipinski definition) is 5. The highest BCUT2D eigenvalue weighted by atomic mass is 79.9. The highest BCUT2D eigenvalue weighted by molar-refractivity contribution is 9.13. The Morgan fingerprint density at radius 1 is 1.29 bits per heavy atom. The van der Waals surface area contributed by atoms with Gasteiger partial charge in [-0.1, -0.05) is 0 Å². The molecule has 0 spiro atoms. The van der Waals surface area contributed by atoms with Crippen molar-refractivity contribution in [1.82, 2.24) is 9.97 Å². The Hall–Kier alpha value is -2.05. The van der Waals surface area contributed by atoms with Crippen LogP contribution in [0, 0.1) is 11.3 Å². The van der Waals surface area contributed by atoms with Crippen LogP contribution in [-0.2, 0) is 0 Å². The number of rotatable bonds is 2. The van der Waals surface area contributed by atoms with Crippen LogP contribution >= 0.6 is 31.9 Å². The number of nitrogens with one attached hydrogen (secondary N) is 2. The van der Waals surface area contributed by atoms with Gasteiger partial charge < -0.3 is 14.8 Å². The van der Waals surface area contributed by atoms with Gasteiger partial charge in [0, 0.05) is 10.0 Å². The van der Waals surface area contributed by atoms with E-state index < -0.39 is 11.2 Å². The molecular weight excluding hydrogens is 410 g/mol. The van der Waals surface area contributed by atoms with Gasteiger partial charge in [-0.05, 0) is 37.9 Å². The lowest BCUT2D eigenvalue weighted by atomic mass is 10.1. The first kappa shape index (κ1) is 15.3. The molecule has 0 fully saturated rings. The van der Waals surface area contributed by atoms with Crippen molar-refractivity contribution in [3.8, 4) is 28.8 Å². The number of hydrogen-bond donors (Lipinski definition) is 3. The Bertz CT molecular complexity index is 880. The zero-order valence-electron chi connectivity index (χ0n) is 10.5. The summed E-state index contributed by atoms with van der Waals surface area (Å²) < 4.78 is 5.64. The molecule has 0 saturated carbocycles. The van der Waals surface area contributed by atoms with Crippen LogP contribution in [0.4, 0.5) is 0 Å². The molecule has 0 aliphatic heterocycles. The highest BCUT2D eigenvalue weighted by Crippen LogP contribution is 2.45. The Morgan fingerprint density at radius 2 is 1.95 bits per heavy atom. The lowest BCUT2D eigenvalue weighted by Crippen LogP contribution is -2.25. The topological polar surface area (TPSA) is 119 Å². The summed E-state index contributed by atoms with van der Waals surface area (Å²) in [6, 6.07) is 3.13. The van der Waals surface area contributed by atoms with Crippen molar-refractivity contribution in [2.45, 2.75) is 0 Å². The number of methoxy groups -OCH3 is 1. The van der Waals surface area contributed by atoms with Crippen molar-refractivity contribution in [2.75, 3.05) is 7.11 Å². The maximum Gasteiger partial charge on any atom is 0.326 e. The third-order valence-corrected chi connectivity index (χ3v) is 4.82. The predicted octanol–water partition coefficient (Wildman–Crippen LogP) is 1.84. The Kier molecular flexibility index (Phi) is 4.20. The van der Waals surface area contributed by atoms with E-state index in [1.165, 1.54) is 13.2 Å². The summed E-state index contributed by atoms with van der Waals surface area (Å²) in [5.41, 5.74) is -1.46. The van der Waals surface area contributed by atoms with Crippen molar-refractivity contribution in [3.05, 3.63) is 41.4 Å². The maximum absolute atomic E-state index is 11.7. The predicted molar refractivity (Wildman–Crippen MR) is 81.5 cm³/mol. The molecule has 0 radical (unpaired) electrons. The Balaban J connectivity index is 2.92. The number of aromatic amines is 2. The van der Waals surface area contributed by atoms with E-state index in [1.807, 2.05) is 4.98 Å². The average molecular weight is 417 g/mol. The fourth-order valence-corrected chi connectivity index (χ4v) is 2.64. The highest BCUT2D eigenvalue weighted by Gasteiger charge is 2.20. The van der Waals surface area contributed by atoms with Crippen LogP contribution in [0.3, 0.4) is 0 Å². The molecule has 0 saturated heterocycles. The Labute approximate surface area is 134 Å². The lowest BCUT2D eigenvalue weighted by molar-refractivity contribution is 0.372. The van der Waals surface area contributed by atoms with E-state index in [9.17, 15) is 14.7 Å². The average Bonchev–Trinajstić information content (AvgIpc) is 2.44. The van der Waals surface area contributed by atoms with Gasteiger partial charge in [0.2, 0.25) is 0 Å². The second-order valence-corrected chi connectivity index (χ2v) is 5.46. The van der Waals surface area contributed by atoms with Gasteiger partial charge in [0.15, 0.2) is 11.5 Å². The van der Waals surface area contributed by atoms with Gasteiger partial charge in [-0.2, -0.15) is 5.26 Å². The summed E-state index contributed by atoms with van der Waals surface area (Å²) in [6.07, 6.45) is 0. The second-order valence-electron chi connectivity index (χ2n) is 3.87. The van der Waals surface area contributed by atoms with Gasteiger partial charge in [-0.3, -0.25) is 9.78 Å². The summed E-state index contributed by atoms with van der Waals surface area (Å²) in [5.74, 6) is -0.0380. The number of phenolic OH excluding ortho intramolecular Hbond substituents is 1. The number of nitrogens with zero attached hydrogens (tertiary/aromatic N) is 1. The first-order valence-electron chi connectivity index (χ1n) is 5.42. The van der Waals surface area contributed by atoms with Crippen molar-refractivity contribution in [1.29, 1.82) is 5.26 Å². The van der Waals surface area contributed by atoms with Crippen LogP contribution in [0.1, 0.15) is 5.56 Å². The number of ether oxygens (including phenoxy) is 1. The summed E-state index contributed by atoms with van der Waals surface area (Å²) >= 11 is 6.40. The smallest absolute Gasteiger partial charge is 0.326 e. The van der Waals surface area contributed by atoms with Crippen LogP contribution in [0.15, 0.2) is 24.6 Å². The molecule has 108 valence electrons. The molecule has 1 aromatic heterocycles. The molecule has 0 unspecified atom stereocenters. The van der Waals surface area contributed by atoms with E-state index in [1.54, 1.807) is 6.07 Å². The second kappa shape index (κ2) is 5.75. The van der Waals surface area contributed by atoms with Crippen molar-refractivity contribution < 1.29 is 9.84 Å². The fraction of sp³-hybridized carbons (Fsp3) is 0.0833. The quantitative estimate of drug-likeness (QED) is 0.690. The minimum Gasteiger partial charge on any atom is -0.503 e. The van der Waals surface area contributed by atoms with Gasteiger partial charge in [0.1, 0.15) is 11.6 Å². The number of benzene rings is 1. The summed E-state index contributed by atoms with van der Waals surface area (Å²) in [7, 11) is 1.35. The molecule has 9 heteroatoms. The molecule has 21 heavy (non-hydrogen) atoms. The summed E-state index contributed by atoms with van der Waals surface area (Å²) in [5, 5.41) is 19.0. The standard InChI is InChI=1S/C12H7Br2N3O4/c1-21-6-2-4(7(13)8(14)10(6)18)9-5(3-15)11(19)17-12(20)16-9/h2,18H,1H3,(H2,16,17,19,20). The Morgan fingerprint density at radius 3 is 2.52 bits per heavy atom. The number of aromatic nitrogens is 2. The molecule has 1 aromatic carbocycles. The molecule has 0 aliphatic carbocycles. The molecule has 2 aromatic rings. The van der Waals surface area contributed by atoms with Crippen molar-refractivity contribution in [3.63, 3.8) is 0 Å². The summed E-state index contributed by atoms with van der Waals surface area (Å²) in [6.45, 7) is 0. The van der Waals surface area contributed by atoms with Crippen LogP contribution in [0.2, 0.25) is 0 Å². The van der Waals surface area contributed by atoms with Crippen LogP contribution in [-0.4, -0.2) is 22.2 Å². The molecule has 7 nitrogen and oxygen atoms in total. The van der Waals surface area contributed by atoms with Gasteiger partial charge in [0.25, 0.3) is 5.56 Å². The van der Waals surface area contributed by atoms with Gasteiger partial charge in [-0.25, -0.2) is 4.79 Å². The lowest BCUT2D eigenvalue weighted by Gasteiger charge is -2.12. The fourth-order valence-electron chi connectivity index (χ4n) is 1.73. The maximum atomic E-state index is 11.7. The van der Waals surface area contributed by atoms with E-state index in [4.69, 9.17) is 10.00 Å². The molecular formula is C12H7Br2N3O4. The van der Waals surface area contributed by atoms with E-state index in [2.05, 4.69) is 36.8 Å². The molecule has 0 bridgehead atoms. The van der Waals surface area contributed by atoms with Gasteiger partial charge in [0.05, 0.1) is 17.3 Å². The van der Waals surface area contributed by atoms with Crippen LogP contribution in [0.5, 0.6) is 11.5 Å². The molecule has 0 aliphatic rings. The molecule has 0 atom stereocenters. The van der Waals surface area contributed by atoms with E-state index >= 15 is 0 Å². The van der Waals surface area contributed by atoms with Crippen LogP contribution < -0.4 is 16.0 Å². The number of phenols is 1. The third kappa shape index (κ3) is 2.59. The minimum absolute atomic E-state index is 0.0251. The SMILES string of the molecule is COc1cc(-c2[nH]c(=O)[nH]c(=O)c2C#N)c(Br)c(Br)c1O. The first-order valence-corrected chi connectivity index (χ1v) is 7.01. The van der Waals surface area contributed by atoms with E-state index in [0.717, 1.165) is 0 Å². The molecule has 2 rings (SSSR count). The molecule has 1 heterocycles.